The van der Waals surface area contributed by atoms with E-state index in [1.165, 1.54) is 26.2 Å². The van der Waals surface area contributed by atoms with Gasteiger partial charge in [0.25, 0.3) is 5.91 Å². The van der Waals surface area contributed by atoms with E-state index in [1.807, 2.05) is 5.32 Å². The third kappa shape index (κ3) is 5.79. The molecule has 0 spiro atoms. The molecule has 0 heterocycles. The van der Waals surface area contributed by atoms with Gasteiger partial charge in [-0.3, -0.25) is 9.59 Å². The maximum absolute atomic E-state index is 13.6. The van der Waals surface area contributed by atoms with Gasteiger partial charge in [0.1, 0.15) is 11.3 Å². The number of amides is 2. The Balaban J connectivity index is 1.94. The van der Waals surface area contributed by atoms with Crippen LogP contribution in [0, 0.1) is 17.5 Å². The van der Waals surface area contributed by atoms with Crippen molar-refractivity contribution in [3.63, 3.8) is 0 Å². The molecule has 0 saturated heterocycles. The molecule has 2 rings (SSSR count). The molecule has 0 radical (unpaired) electrons. The number of carbonyl (C=O) groups is 3. The number of anilines is 2. The molecule has 0 aliphatic carbocycles. The standard InChI is InChI=1S/C19H17ClF3N3O5/c1-8(31-19(29)9-5-10(20)12(24)6-14(9)30-2)18(28)25-7-15(27)26-13-4-3-11(21)16(22)17(13)23/h3-6,8H,7,24H2,1-2H3,(H,25,28)(H,26,27). The van der Waals surface area contributed by atoms with Gasteiger partial charge in [0.15, 0.2) is 23.6 Å². The predicted molar refractivity (Wildman–Crippen MR) is 105 cm³/mol. The number of carbonyl (C=O) groups excluding carboxylic acids is 3. The first-order valence-corrected chi connectivity index (χ1v) is 8.98. The molecule has 0 aliphatic rings. The highest BCUT2D eigenvalue weighted by atomic mass is 35.5. The molecular weight excluding hydrogens is 443 g/mol. The van der Waals surface area contributed by atoms with Crippen LogP contribution in [0.25, 0.3) is 0 Å². The zero-order chi connectivity index (χ0) is 23.3. The first kappa shape index (κ1) is 23.8. The van der Waals surface area contributed by atoms with Gasteiger partial charge in [0.05, 0.1) is 30.1 Å². The summed E-state index contributed by atoms with van der Waals surface area (Å²) < 4.78 is 49.7. The number of hydrogen-bond acceptors (Lipinski definition) is 6. The maximum Gasteiger partial charge on any atom is 0.342 e. The minimum Gasteiger partial charge on any atom is -0.496 e. The summed E-state index contributed by atoms with van der Waals surface area (Å²) in [6.45, 7) is 0.585. The highest BCUT2D eigenvalue weighted by Gasteiger charge is 2.23. The Morgan fingerprint density at radius 3 is 2.48 bits per heavy atom. The predicted octanol–water partition coefficient (Wildman–Crippen LogP) is 2.65. The largest absolute Gasteiger partial charge is 0.496 e. The van der Waals surface area contributed by atoms with Crippen LogP contribution in [-0.4, -0.2) is 37.5 Å². The van der Waals surface area contributed by atoms with Gasteiger partial charge >= 0.3 is 5.97 Å². The van der Waals surface area contributed by atoms with E-state index in [1.54, 1.807) is 0 Å². The molecule has 1 atom stereocenters. The zero-order valence-electron chi connectivity index (χ0n) is 16.2. The van der Waals surface area contributed by atoms with Gasteiger partial charge in [-0.15, -0.1) is 0 Å². The Morgan fingerprint density at radius 2 is 1.84 bits per heavy atom. The van der Waals surface area contributed by atoms with E-state index in [2.05, 4.69) is 5.32 Å². The number of nitrogen functional groups attached to an aromatic ring is 1. The highest BCUT2D eigenvalue weighted by molar-refractivity contribution is 6.33. The minimum atomic E-state index is -1.75. The number of benzene rings is 2. The van der Waals surface area contributed by atoms with Crippen molar-refractivity contribution in [2.75, 3.05) is 24.7 Å². The Morgan fingerprint density at radius 1 is 1.16 bits per heavy atom. The van der Waals surface area contributed by atoms with E-state index < -0.39 is 53.6 Å². The number of halogens is 4. The average molecular weight is 460 g/mol. The molecular formula is C19H17ClF3N3O5. The zero-order valence-corrected chi connectivity index (χ0v) is 17.0. The number of nitrogens with two attached hydrogens (primary N) is 1. The van der Waals surface area contributed by atoms with Crippen molar-refractivity contribution in [1.82, 2.24) is 5.32 Å². The lowest BCUT2D eigenvalue weighted by molar-refractivity contribution is -0.130. The fourth-order valence-electron chi connectivity index (χ4n) is 2.30. The highest BCUT2D eigenvalue weighted by Crippen LogP contribution is 2.29. The Labute approximate surface area is 179 Å². The Bertz CT molecular complexity index is 1040. The Kier molecular flexibility index (Phi) is 7.70. The minimum absolute atomic E-state index is 0.0750. The van der Waals surface area contributed by atoms with E-state index in [4.69, 9.17) is 26.8 Å². The second kappa shape index (κ2) is 10.0. The van der Waals surface area contributed by atoms with Crippen LogP contribution < -0.4 is 21.1 Å². The summed E-state index contributed by atoms with van der Waals surface area (Å²) in [6.07, 6.45) is -1.33. The van der Waals surface area contributed by atoms with Crippen molar-refractivity contribution < 1.29 is 37.0 Å². The lowest BCUT2D eigenvalue weighted by atomic mass is 10.2. The molecule has 8 nitrogen and oxygen atoms in total. The van der Waals surface area contributed by atoms with Crippen LogP contribution in [0.5, 0.6) is 5.75 Å². The van der Waals surface area contributed by atoms with Gasteiger partial charge in [0.2, 0.25) is 5.91 Å². The summed E-state index contributed by atoms with van der Waals surface area (Å²) in [5.74, 6) is -7.39. The van der Waals surface area contributed by atoms with Crippen LogP contribution >= 0.6 is 11.6 Å². The van der Waals surface area contributed by atoms with Crippen LogP contribution in [0.1, 0.15) is 17.3 Å². The molecule has 0 aromatic heterocycles. The third-order valence-corrected chi connectivity index (χ3v) is 4.25. The van der Waals surface area contributed by atoms with Crippen molar-refractivity contribution in [3.05, 3.63) is 52.3 Å². The van der Waals surface area contributed by atoms with E-state index >= 15 is 0 Å². The molecule has 0 fully saturated rings. The van der Waals surface area contributed by atoms with Gasteiger partial charge in [0, 0.05) is 6.07 Å². The molecule has 1 unspecified atom stereocenters. The molecule has 0 bridgehead atoms. The lowest BCUT2D eigenvalue weighted by Gasteiger charge is -2.15. The van der Waals surface area contributed by atoms with Gasteiger partial charge in [-0.25, -0.2) is 18.0 Å². The molecule has 0 saturated carbocycles. The van der Waals surface area contributed by atoms with E-state index in [-0.39, 0.29) is 22.0 Å². The van der Waals surface area contributed by atoms with Crippen molar-refractivity contribution in [1.29, 1.82) is 0 Å². The molecule has 2 amide bonds. The SMILES string of the molecule is COc1cc(N)c(Cl)cc1C(=O)OC(C)C(=O)NCC(=O)Nc1ccc(F)c(F)c1F. The van der Waals surface area contributed by atoms with Crippen LogP contribution in [0.4, 0.5) is 24.5 Å². The van der Waals surface area contributed by atoms with Crippen molar-refractivity contribution in [2.45, 2.75) is 13.0 Å². The van der Waals surface area contributed by atoms with Gasteiger partial charge in [-0.2, -0.15) is 0 Å². The fourth-order valence-corrected chi connectivity index (χ4v) is 2.47. The third-order valence-electron chi connectivity index (χ3n) is 3.92. The maximum atomic E-state index is 13.6. The van der Waals surface area contributed by atoms with E-state index in [9.17, 15) is 27.6 Å². The monoisotopic (exact) mass is 459 g/mol. The van der Waals surface area contributed by atoms with Crippen molar-refractivity contribution in [2.24, 2.45) is 0 Å². The second-order valence-electron chi connectivity index (χ2n) is 6.11. The van der Waals surface area contributed by atoms with E-state index in [0.717, 1.165) is 6.07 Å². The summed E-state index contributed by atoms with van der Waals surface area (Å²) in [7, 11) is 1.30. The van der Waals surface area contributed by atoms with Gasteiger partial charge in [-0.05, 0) is 25.1 Å². The van der Waals surface area contributed by atoms with Crippen molar-refractivity contribution >= 4 is 40.8 Å². The number of hydrogen-bond donors (Lipinski definition) is 3. The summed E-state index contributed by atoms with van der Waals surface area (Å²) >= 11 is 5.88. The average Bonchev–Trinajstić information content (AvgIpc) is 2.73. The quantitative estimate of drug-likeness (QED) is 0.332. The van der Waals surface area contributed by atoms with Crippen LogP contribution in [0.2, 0.25) is 5.02 Å². The molecule has 2 aromatic rings. The van der Waals surface area contributed by atoms with Crippen LogP contribution in [0.15, 0.2) is 24.3 Å². The topological polar surface area (TPSA) is 120 Å². The fraction of sp³-hybridized carbons (Fsp3) is 0.211. The normalized spacial score (nSPS) is 11.4. The summed E-state index contributed by atoms with van der Waals surface area (Å²) in [5, 5.41) is 4.21. The first-order valence-electron chi connectivity index (χ1n) is 8.60. The summed E-state index contributed by atoms with van der Waals surface area (Å²) in [6, 6.07) is 3.98. The number of esters is 1. The van der Waals surface area contributed by atoms with Gasteiger partial charge in [-0.1, -0.05) is 11.6 Å². The number of rotatable bonds is 7. The van der Waals surface area contributed by atoms with Crippen molar-refractivity contribution in [3.8, 4) is 5.75 Å². The van der Waals surface area contributed by atoms with Crippen LogP contribution in [0.3, 0.4) is 0 Å². The lowest BCUT2D eigenvalue weighted by Crippen LogP contribution is -2.40. The number of nitrogens with one attached hydrogen (secondary N) is 2. The molecule has 166 valence electrons. The van der Waals surface area contributed by atoms with Gasteiger partial charge < -0.3 is 25.8 Å². The number of ether oxygens (including phenoxy) is 2. The molecule has 4 N–H and O–H groups in total. The second-order valence-corrected chi connectivity index (χ2v) is 6.52. The Hall–Kier alpha value is -3.47. The smallest absolute Gasteiger partial charge is 0.342 e. The van der Waals surface area contributed by atoms with E-state index in [0.29, 0.717) is 6.07 Å². The molecule has 12 heteroatoms. The number of methoxy groups -OCH3 is 1. The summed E-state index contributed by atoms with van der Waals surface area (Å²) in [4.78, 5) is 36.2. The first-order chi connectivity index (χ1) is 14.5. The molecule has 0 aliphatic heterocycles. The molecule has 31 heavy (non-hydrogen) atoms. The van der Waals surface area contributed by atoms with Crippen LogP contribution in [-0.2, 0) is 14.3 Å². The summed E-state index contributed by atoms with van der Waals surface area (Å²) in [5.41, 5.74) is 5.12. The molecule has 2 aromatic carbocycles.